The number of carboxylic acids is 1. The minimum atomic E-state index is -1.03. The van der Waals surface area contributed by atoms with Crippen LogP contribution in [-0.2, 0) is 11.3 Å². The molecule has 0 spiro atoms. The van der Waals surface area contributed by atoms with Crippen LogP contribution in [-0.4, -0.2) is 29.1 Å². The van der Waals surface area contributed by atoms with Gasteiger partial charge in [-0.3, -0.25) is 4.90 Å². The standard InChI is InChI=1S/C17H22FNO2/c1-13-3-2-7-19(8-6-13)12-15-9-14(4-5-17(20)21)10-16(18)11-15/h4-5,9-11,13H,2-3,6-8,12H2,1H3,(H,20,21). The van der Waals surface area contributed by atoms with Crippen LogP contribution in [0.3, 0.4) is 0 Å². The summed E-state index contributed by atoms with van der Waals surface area (Å²) in [5.74, 6) is -0.584. The highest BCUT2D eigenvalue weighted by molar-refractivity contribution is 5.85. The third-order valence-corrected chi connectivity index (χ3v) is 3.91. The molecule has 3 nitrogen and oxygen atoms in total. The molecular weight excluding hydrogens is 269 g/mol. The number of carbonyl (C=O) groups is 1. The van der Waals surface area contributed by atoms with E-state index < -0.39 is 5.97 Å². The molecule has 1 saturated heterocycles. The average molecular weight is 291 g/mol. The van der Waals surface area contributed by atoms with Gasteiger partial charge in [0, 0.05) is 12.6 Å². The molecular formula is C17H22FNO2. The molecule has 1 atom stereocenters. The minimum Gasteiger partial charge on any atom is -0.478 e. The van der Waals surface area contributed by atoms with Crippen molar-refractivity contribution >= 4 is 12.0 Å². The van der Waals surface area contributed by atoms with Crippen LogP contribution in [0.4, 0.5) is 4.39 Å². The largest absolute Gasteiger partial charge is 0.478 e. The summed E-state index contributed by atoms with van der Waals surface area (Å²) in [4.78, 5) is 12.9. The highest BCUT2D eigenvalue weighted by Gasteiger charge is 2.14. The lowest BCUT2D eigenvalue weighted by molar-refractivity contribution is -0.131. The zero-order chi connectivity index (χ0) is 15.2. The van der Waals surface area contributed by atoms with Gasteiger partial charge in [0.15, 0.2) is 0 Å². The number of hydrogen-bond acceptors (Lipinski definition) is 2. The molecule has 0 saturated carbocycles. The van der Waals surface area contributed by atoms with Crippen LogP contribution in [0.2, 0.25) is 0 Å². The van der Waals surface area contributed by atoms with Gasteiger partial charge in [-0.2, -0.15) is 0 Å². The number of nitrogens with zero attached hydrogens (tertiary/aromatic N) is 1. The van der Waals surface area contributed by atoms with Crippen molar-refractivity contribution in [2.24, 2.45) is 5.92 Å². The second-order valence-corrected chi connectivity index (χ2v) is 5.88. The van der Waals surface area contributed by atoms with Gasteiger partial charge in [-0.15, -0.1) is 0 Å². The van der Waals surface area contributed by atoms with Gasteiger partial charge in [-0.1, -0.05) is 13.0 Å². The first-order valence-corrected chi connectivity index (χ1v) is 7.46. The quantitative estimate of drug-likeness (QED) is 0.863. The minimum absolute atomic E-state index is 0.319. The molecule has 0 aliphatic carbocycles. The molecule has 21 heavy (non-hydrogen) atoms. The summed E-state index contributed by atoms with van der Waals surface area (Å²) >= 11 is 0. The lowest BCUT2D eigenvalue weighted by Crippen LogP contribution is -2.24. The molecule has 1 N–H and O–H groups in total. The fraction of sp³-hybridized carbons (Fsp3) is 0.471. The summed E-state index contributed by atoms with van der Waals surface area (Å²) in [6.07, 6.45) is 6.08. The SMILES string of the molecule is CC1CCCN(Cc2cc(F)cc(C=CC(=O)O)c2)CC1. The molecule has 1 fully saturated rings. The summed E-state index contributed by atoms with van der Waals surface area (Å²) in [7, 11) is 0. The van der Waals surface area contributed by atoms with E-state index in [1.165, 1.54) is 37.5 Å². The summed E-state index contributed by atoms with van der Waals surface area (Å²) < 4.78 is 13.6. The molecule has 114 valence electrons. The summed E-state index contributed by atoms with van der Waals surface area (Å²) in [5.41, 5.74) is 1.49. The smallest absolute Gasteiger partial charge is 0.328 e. The predicted molar refractivity (Wildman–Crippen MR) is 81.4 cm³/mol. The molecule has 1 aromatic rings. The van der Waals surface area contributed by atoms with Gasteiger partial charge in [-0.25, -0.2) is 9.18 Å². The first-order chi connectivity index (χ1) is 10.0. The average Bonchev–Trinajstić information content (AvgIpc) is 2.61. The number of aliphatic carboxylic acids is 1. The van der Waals surface area contributed by atoms with Gasteiger partial charge in [0.1, 0.15) is 5.82 Å². The van der Waals surface area contributed by atoms with Crippen LogP contribution < -0.4 is 0 Å². The van der Waals surface area contributed by atoms with Crippen molar-refractivity contribution in [2.45, 2.75) is 32.7 Å². The van der Waals surface area contributed by atoms with E-state index in [9.17, 15) is 9.18 Å². The summed E-state index contributed by atoms with van der Waals surface area (Å²) in [6.45, 7) is 5.08. The third-order valence-electron chi connectivity index (χ3n) is 3.91. The van der Waals surface area contributed by atoms with Crippen molar-refractivity contribution in [2.75, 3.05) is 13.1 Å². The number of halogens is 1. The van der Waals surface area contributed by atoms with E-state index in [-0.39, 0.29) is 5.82 Å². The molecule has 1 aliphatic heterocycles. The number of benzene rings is 1. The summed E-state index contributed by atoms with van der Waals surface area (Å²) in [5, 5.41) is 8.64. The van der Waals surface area contributed by atoms with Crippen molar-refractivity contribution in [3.8, 4) is 0 Å². The highest BCUT2D eigenvalue weighted by Crippen LogP contribution is 2.19. The molecule has 1 unspecified atom stereocenters. The van der Waals surface area contributed by atoms with Crippen LogP contribution in [0.1, 0.15) is 37.3 Å². The van der Waals surface area contributed by atoms with Crippen molar-refractivity contribution in [3.05, 3.63) is 41.2 Å². The van der Waals surface area contributed by atoms with Crippen LogP contribution in [0.15, 0.2) is 24.3 Å². The molecule has 1 aromatic carbocycles. The molecule has 0 amide bonds. The van der Waals surface area contributed by atoms with E-state index in [2.05, 4.69) is 11.8 Å². The molecule has 2 rings (SSSR count). The monoisotopic (exact) mass is 291 g/mol. The van der Waals surface area contributed by atoms with Gasteiger partial charge < -0.3 is 5.11 Å². The molecule has 0 bridgehead atoms. The van der Waals surface area contributed by atoms with Gasteiger partial charge in [0.05, 0.1) is 0 Å². The first-order valence-electron chi connectivity index (χ1n) is 7.46. The van der Waals surface area contributed by atoms with E-state index in [1.807, 2.05) is 6.07 Å². The van der Waals surface area contributed by atoms with E-state index in [0.29, 0.717) is 5.56 Å². The van der Waals surface area contributed by atoms with Crippen molar-refractivity contribution < 1.29 is 14.3 Å². The fourth-order valence-electron chi connectivity index (χ4n) is 2.77. The van der Waals surface area contributed by atoms with E-state index in [1.54, 1.807) is 0 Å². The van der Waals surface area contributed by atoms with Gasteiger partial charge >= 0.3 is 5.97 Å². The maximum absolute atomic E-state index is 13.6. The number of likely N-dealkylation sites (tertiary alicyclic amines) is 1. The maximum Gasteiger partial charge on any atom is 0.328 e. The van der Waals surface area contributed by atoms with Crippen LogP contribution >= 0.6 is 0 Å². The van der Waals surface area contributed by atoms with Crippen molar-refractivity contribution in [1.82, 2.24) is 4.90 Å². The van der Waals surface area contributed by atoms with Crippen LogP contribution in [0.25, 0.3) is 6.08 Å². The third kappa shape index (κ3) is 5.31. The maximum atomic E-state index is 13.6. The van der Waals surface area contributed by atoms with Crippen LogP contribution in [0.5, 0.6) is 0 Å². The van der Waals surface area contributed by atoms with Crippen molar-refractivity contribution in [1.29, 1.82) is 0 Å². The zero-order valence-electron chi connectivity index (χ0n) is 12.4. The Morgan fingerprint density at radius 2 is 2.19 bits per heavy atom. The second-order valence-electron chi connectivity index (χ2n) is 5.88. The molecule has 1 aliphatic rings. The van der Waals surface area contributed by atoms with E-state index in [4.69, 9.17) is 5.11 Å². The first kappa shape index (κ1) is 15.7. The number of carboxylic acid groups (broad SMARTS) is 1. The molecule has 0 aromatic heterocycles. The number of hydrogen-bond donors (Lipinski definition) is 1. The Morgan fingerprint density at radius 1 is 1.38 bits per heavy atom. The Balaban J connectivity index is 2.07. The Kier molecular flexibility index (Phi) is 5.51. The lowest BCUT2D eigenvalue weighted by Gasteiger charge is -2.20. The molecule has 1 heterocycles. The zero-order valence-corrected chi connectivity index (χ0v) is 12.4. The van der Waals surface area contributed by atoms with E-state index >= 15 is 0 Å². The Hall–Kier alpha value is -1.68. The normalized spacial score (nSPS) is 20.6. The van der Waals surface area contributed by atoms with Gasteiger partial charge in [-0.05, 0) is 67.6 Å². The predicted octanol–water partition coefficient (Wildman–Crippen LogP) is 3.55. The lowest BCUT2D eigenvalue weighted by atomic mass is 10.0. The van der Waals surface area contributed by atoms with Gasteiger partial charge in [0.25, 0.3) is 0 Å². The van der Waals surface area contributed by atoms with Crippen molar-refractivity contribution in [3.63, 3.8) is 0 Å². The Morgan fingerprint density at radius 3 is 2.95 bits per heavy atom. The topological polar surface area (TPSA) is 40.5 Å². The van der Waals surface area contributed by atoms with E-state index in [0.717, 1.165) is 37.2 Å². The second kappa shape index (κ2) is 7.36. The molecule has 0 radical (unpaired) electrons. The molecule has 4 heteroatoms. The van der Waals surface area contributed by atoms with Gasteiger partial charge in [0.2, 0.25) is 0 Å². The summed E-state index contributed by atoms with van der Waals surface area (Å²) in [6, 6.07) is 4.75. The Labute approximate surface area is 125 Å². The number of rotatable bonds is 4. The Bertz CT molecular complexity index is 528. The fourth-order valence-corrected chi connectivity index (χ4v) is 2.77. The highest BCUT2D eigenvalue weighted by atomic mass is 19.1. The van der Waals surface area contributed by atoms with Crippen LogP contribution in [0, 0.1) is 11.7 Å².